The van der Waals surface area contributed by atoms with Crippen LogP contribution in [0.2, 0.25) is 0 Å². The number of aromatic carboxylic acids is 1. The number of halogens is 3. The molecule has 0 aliphatic rings. The van der Waals surface area contributed by atoms with Gasteiger partial charge in [-0.3, -0.25) is 0 Å². The number of carboxylic acids is 1. The summed E-state index contributed by atoms with van der Waals surface area (Å²) in [6.07, 6.45) is -4.60. The van der Waals surface area contributed by atoms with Gasteiger partial charge in [0, 0.05) is 5.39 Å². The third kappa shape index (κ3) is 2.31. The molecule has 4 nitrogen and oxygen atoms in total. The number of pyridine rings is 1. The number of fused-ring (bicyclic) bond motifs is 1. The highest BCUT2D eigenvalue weighted by Crippen LogP contribution is 2.33. The molecule has 2 aromatic rings. The molecule has 1 aromatic heterocycles. The van der Waals surface area contributed by atoms with Crippen LogP contribution >= 0.6 is 0 Å². The van der Waals surface area contributed by atoms with Crippen LogP contribution in [-0.2, 0) is 6.18 Å². The summed E-state index contributed by atoms with van der Waals surface area (Å²) in [6.45, 7) is 0. The molecule has 100 valence electrons. The lowest BCUT2D eigenvalue weighted by atomic mass is 10.1. The van der Waals surface area contributed by atoms with Crippen molar-refractivity contribution in [3.63, 3.8) is 0 Å². The quantitative estimate of drug-likeness (QED) is 0.912. The lowest BCUT2D eigenvalue weighted by Crippen LogP contribution is -2.09. The van der Waals surface area contributed by atoms with E-state index in [4.69, 9.17) is 9.84 Å². The van der Waals surface area contributed by atoms with Crippen molar-refractivity contribution in [3.8, 4) is 5.75 Å². The predicted octanol–water partition coefficient (Wildman–Crippen LogP) is 2.96. The molecule has 0 bridgehead atoms. The van der Waals surface area contributed by atoms with Gasteiger partial charge in [0.05, 0.1) is 12.7 Å². The van der Waals surface area contributed by atoms with Crippen LogP contribution in [0.3, 0.4) is 0 Å². The fourth-order valence-corrected chi connectivity index (χ4v) is 1.70. The van der Waals surface area contributed by atoms with Crippen LogP contribution in [0, 0.1) is 0 Å². The van der Waals surface area contributed by atoms with Crippen molar-refractivity contribution < 1.29 is 27.8 Å². The van der Waals surface area contributed by atoms with Gasteiger partial charge in [0.15, 0.2) is 0 Å². The largest absolute Gasteiger partial charge is 0.494 e. The molecule has 1 heterocycles. The van der Waals surface area contributed by atoms with Gasteiger partial charge in [0.25, 0.3) is 0 Å². The summed E-state index contributed by atoms with van der Waals surface area (Å²) in [5.74, 6) is -1.15. The second kappa shape index (κ2) is 4.42. The first kappa shape index (κ1) is 13.1. The van der Waals surface area contributed by atoms with E-state index in [1.807, 2.05) is 0 Å². The summed E-state index contributed by atoms with van der Waals surface area (Å²) in [5.41, 5.74) is -1.35. The second-order valence-electron chi connectivity index (χ2n) is 3.71. The lowest BCUT2D eigenvalue weighted by molar-refractivity contribution is -0.140. The van der Waals surface area contributed by atoms with Crippen molar-refractivity contribution in [2.75, 3.05) is 7.11 Å². The molecule has 0 unspecified atom stereocenters. The zero-order valence-corrected chi connectivity index (χ0v) is 9.65. The van der Waals surface area contributed by atoms with Crippen molar-refractivity contribution in [2.45, 2.75) is 6.18 Å². The Morgan fingerprint density at radius 1 is 1.26 bits per heavy atom. The van der Waals surface area contributed by atoms with Crippen LogP contribution in [0.25, 0.3) is 10.9 Å². The molecule has 0 aliphatic carbocycles. The number of carboxylic acid groups (broad SMARTS) is 1. The Balaban J connectivity index is 2.80. The van der Waals surface area contributed by atoms with Gasteiger partial charge in [0.2, 0.25) is 0 Å². The molecule has 0 fully saturated rings. The van der Waals surface area contributed by atoms with Gasteiger partial charge >= 0.3 is 12.1 Å². The molecule has 0 saturated carbocycles. The maximum Gasteiger partial charge on any atom is 0.433 e. The van der Waals surface area contributed by atoms with E-state index in [0.29, 0.717) is 0 Å². The molecule has 1 aromatic carbocycles. The van der Waals surface area contributed by atoms with Crippen molar-refractivity contribution in [2.24, 2.45) is 0 Å². The van der Waals surface area contributed by atoms with Gasteiger partial charge in [-0.25, -0.2) is 9.78 Å². The molecule has 0 saturated heterocycles. The lowest BCUT2D eigenvalue weighted by Gasteiger charge is -2.10. The summed E-state index contributed by atoms with van der Waals surface area (Å²) in [6, 6.07) is 4.36. The van der Waals surface area contributed by atoms with E-state index in [2.05, 4.69) is 4.98 Å². The highest BCUT2D eigenvalue weighted by molar-refractivity contribution is 6.04. The van der Waals surface area contributed by atoms with Crippen LogP contribution in [-0.4, -0.2) is 23.2 Å². The van der Waals surface area contributed by atoms with E-state index in [0.717, 1.165) is 12.1 Å². The van der Waals surface area contributed by atoms with Crippen molar-refractivity contribution >= 4 is 16.9 Å². The van der Waals surface area contributed by atoms with E-state index >= 15 is 0 Å². The van der Waals surface area contributed by atoms with Gasteiger partial charge in [0.1, 0.15) is 17.0 Å². The number of benzene rings is 1. The Morgan fingerprint density at radius 2 is 1.95 bits per heavy atom. The number of hydrogen-bond acceptors (Lipinski definition) is 3. The Hall–Kier alpha value is -2.31. The Morgan fingerprint density at radius 3 is 2.47 bits per heavy atom. The van der Waals surface area contributed by atoms with Crippen LogP contribution in [0.4, 0.5) is 13.2 Å². The number of carbonyl (C=O) groups is 1. The van der Waals surface area contributed by atoms with Crippen molar-refractivity contribution in [1.82, 2.24) is 4.98 Å². The minimum absolute atomic E-state index is 0.0890. The van der Waals surface area contributed by atoms with Crippen LogP contribution in [0.15, 0.2) is 24.3 Å². The SMILES string of the molecule is COc1ccc(C(=O)O)c2ccc(C(F)(F)F)nc12. The smallest absolute Gasteiger partial charge is 0.433 e. The number of methoxy groups -OCH3 is 1. The normalized spacial score (nSPS) is 11.6. The molecule has 0 aliphatic heterocycles. The number of aromatic nitrogens is 1. The average Bonchev–Trinajstić information content (AvgIpc) is 2.35. The van der Waals surface area contributed by atoms with Crippen LogP contribution in [0.5, 0.6) is 5.75 Å². The Bertz CT molecular complexity index is 652. The summed E-state index contributed by atoms with van der Waals surface area (Å²) < 4.78 is 42.7. The third-order valence-electron chi connectivity index (χ3n) is 2.56. The first-order chi connectivity index (χ1) is 8.84. The maximum atomic E-state index is 12.6. The van der Waals surface area contributed by atoms with E-state index in [1.54, 1.807) is 0 Å². The zero-order valence-electron chi connectivity index (χ0n) is 9.65. The number of rotatable bonds is 2. The number of alkyl halides is 3. The summed E-state index contributed by atoms with van der Waals surface area (Å²) in [5, 5.41) is 9.08. The Labute approximate surface area is 105 Å². The number of ether oxygens (including phenoxy) is 1. The number of nitrogens with zero attached hydrogens (tertiary/aromatic N) is 1. The molecule has 0 radical (unpaired) electrons. The first-order valence-electron chi connectivity index (χ1n) is 5.13. The molecular formula is C12H8F3NO3. The molecule has 2 rings (SSSR count). The van der Waals surface area contributed by atoms with Crippen molar-refractivity contribution in [3.05, 3.63) is 35.5 Å². The van der Waals surface area contributed by atoms with Gasteiger partial charge in [-0.05, 0) is 24.3 Å². The minimum Gasteiger partial charge on any atom is -0.494 e. The van der Waals surface area contributed by atoms with Crippen LogP contribution in [0.1, 0.15) is 16.1 Å². The zero-order chi connectivity index (χ0) is 14.2. The summed E-state index contributed by atoms with van der Waals surface area (Å²) in [4.78, 5) is 14.5. The summed E-state index contributed by atoms with van der Waals surface area (Å²) >= 11 is 0. The third-order valence-corrected chi connectivity index (χ3v) is 2.56. The standard InChI is InChI=1S/C12H8F3NO3/c1-19-8-4-2-7(11(17)18)6-3-5-9(12(13,14)15)16-10(6)8/h2-5H,1H3,(H,17,18). The fraction of sp³-hybridized carbons (Fsp3) is 0.167. The van der Waals surface area contributed by atoms with Gasteiger partial charge in [-0.1, -0.05) is 0 Å². The number of hydrogen-bond donors (Lipinski definition) is 1. The van der Waals surface area contributed by atoms with Gasteiger partial charge in [-0.2, -0.15) is 13.2 Å². The highest BCUT2D eigenvalue weighted by Gasteiger charge is 2.33. The molecule has 0 spiro atoms. The van der Waals surface area contributed by atoms with E-state index in [1.165, 1.54) is 19.2 Å². The minimum atomic E-state index is -4.60. The highest BCUT2D eigenvalue weighted by atomic mass is 19.4. The predicted molar refractivity (Wildman–Crippen MR) is 60.3 cm³/mol. The molecule has 19 heavy (non-hydrogen) atoms. The molecule has 1 N–H and O–H groups in total. The topological polar surface area (TPSA) is 59.4 Å². The maximum absolute atomic E-state index is 12.6. The van der Waals surface area contributed by atoms with Crippen LogP contribution < -0.4 is 4.74 Å². The first-order valence-corrected chi connectivity index (χ1v) is 5.13. The molecule has 0 amide bonds. The Kier molecular flexibility index (Phi) is 3.05. The average molecular weight is 271 g/mol. The molecule has 7 heteroatoms. The van der Waals surface area contributed by atoms with Gasteiger partial charge < -0.3 is 9.84 Å². The monoisotopic (exact) mass is 271 g/mol. The van der Waals surface area contributed by atoms with E-state index in [9.17, 15) is 18.0 Å². The van der Waals surface area contributed by atoms with Gasteiger partial charge in [-0.15, -0.1) is 0 Å². The van der Waals surface area contributed by atoms with E-state index < -0.39 is 17.8 Å². The molecule has 0 atom stereocenters. The van der Waals surface area contributed by atoms with E-state index in [-0.39, 0.29) is 22.2 Å². The molecular weight excluding hydrogens is 263 g/mol. The van der Waals surface area contributed by atoms with Crippen molar-refractivity contribution in [1.29, 1.82) is 0 Å². The summed E-state index contributed by atoms with van der Waals surface area (Å²) in [7, 11) is 1.27. The fourth-order valence-electron chi connectivity index (χ4n) is 1.70. The second-order valence-corrected chi connectivity index (χ2v) is 3.71.